The molecule has 0 saturated carbocycles. The number of carbonyl (C=O) groups excluding carboxylic acids is 1. The van der Waals surface area contributed by atoms with E-state index >= 15 is 0 Å². The quantitative estimate of drug-likeness (QED) is 0.747. The minimum absolute atomic E-state index is 0.0632. The highest BCUT2D eigenvalue weighted by molar-refractivity contribution is 7.98. The van der Waals surface area contributed by atoms with E-state index in [-0.39, 0.29) is 16.9 Å². The maximum absolute atomic E-state index is 12.9. The van der Waals surface area contributed by atoms with Crippen LogP contribution in [0.15, 0.2) is 54.6 Å². The first kappa shape index (κ1) is 13.8. The van der Waals surface area contributed by atoms with Crippen molar-refractivity contribution in [3.8, 4) is 0 Å². The number of rotatable bonds is 5. The van der Waals surface area contributed by atoms with Crippen LogP contribution in [-0.2, 0) is 0 Å². The highest BCUT2D eigenvalue weighted by Crippen LogP contribution is 2.31. The van der Waals surface area contributed by atoms with E-state index in [1.165, 1.54) is 12.1 Å². The van der Waals surface area contributed by atoms with Gasteiger partial charge in [0.25, 0.3) is 0 Å². The van der Waals surface area contributed by atoms with Gasteiger partial charge in [-0.15, -0.1) is 0 Å². The van der Waals surface area contributed by atoms with Gasteiger partial charge in [-0.3, -0.25) is 4.79 Å². The number of halogens is 1. The zero-order valence-electron chi connectivity index (χ0n) is 10.7. The minimum Gasteiger partial charge on any atom is -0.294 e. The fraction of sp³-hybridized carbons (Fsp3) is 0.188. The van der Waals surface area contributed by atoms with Crippen LogP contribution < -0.4 is 0 Å². The van der Waals surface area contributed by atoms with Crippen LogP contribution >= 0.6 is 11.8 Å². The lowest BCUT2D eigenvalue weighted by molar-refractivity contribution is 0.0982. The third-order valence-electron chi connectivity index (χ3n) is 2.99. The Kier molecular flexibility index (Phi) is 4.74. The summed E-state index contributed by atoms with van der Waals surface area (Å²) in [6.45, 7) is 0. The Balaban J connectivity index is 2.11. The van der Waals surface area contributed by atoms with Crippen molar-refractivity contribution in [2.24, 2.45) is 0 Å². The highest BCUT2D eigenvalue weighted by atomic mass is 32.2. The van der Waals surface area contributed by atoms with Gasteiger partial charge in [0.15, 0.2) is 5.78 Å². The van der Waals surface area contributed by atoms with Crippen LogP contribution in [-0.4, -0.2) is 12.0 Å². The van der Waals surface area contributed by atoms with E-state index in [2.05, 4.69) is 0 Å². The second-order valence-electron chi connectivity index (χ2n) is 4.27. The number of carbonyl (C=O) groups is 1. The second-order valence-corrected chi connectivity index (χ2v) is 5.31. The van der Waals surface area contributed by atoms with Crippen LogP contribution in [0.3, 0.4) is 0 Å². The zero-order valence-corrected chi connectivity index (χ0v) is 11.5. The predicted molar refractivity (Wildman–Crippen MR) is 78.0 cm³/mol. The number of hydrogen-bond acceptors (Lipinski definition) is 2. The van der Waals surface area contributed by atoms with Gasteiger partial charge in [0, 0.05) is 17.2 Å². The molecule has 0 saturated heterocycles. The molecule has 2 rings (SSSR count). The number of benzene rings is 2. The molecule has 2 aromatic carbocycles. The SMILES string of the molecule is CSC(CC(=O)c1ccccc1)c1ccc(F)cc1. The Hall–Kier alpha value is -1.61. The Morgan fingerprint density at radius 1 is 1.11 bits per heavy atom. The maximum Gasteiger partial charge on any atom is 0.164 e. The van der Waals surface area contributed by atoms with Gasteiger partial charge in [0.2, 0.25) is 0 Å². The first-order valence-electron chi connectivity index (χ1n) is 6.07. The summed E-state index contributed by atoms with van der Waals surface area (Å²) in [5.41, 5.74) is 1.71. The fourth-order valence-corrected chi connectivity index (χ4v) is 2.67. The Bertz CT molecular complexity index is 536. The van der Waals surface area contributed by atoms with Crippen LogP contribution in [0.2, 0.25) is 0 Å². The molecule has 98 valence electrons. The summed E-state index contributed by atoms with van der Waals surface area (Å²) >= 11 is 1.61. The molecule has 0 aliphatic heterocycles. The summed E-state index contributed by atoms with van der Waals surface area (Å²) in [5.74, 6) is -0.137. The Morgan fingerprint density at radius 2 is 1.74 bits per heavy atom. The van der Waals surface area contributed by atoms with Gasteiger partial charge < -0.3 is 0 Å². The van der Waals surface area contributed by atoms with Crippen molar-refractivity contribution in [1.29, 1.82) is 0 Å². The molecule has 1 atom stereocenters. The summed E-state index contributed by atoms with van der Waals surface area (Å²) in [7, 11) is 0. The molecule has 1 unspecified atom stereocenters. The summed E-state index contributed by atoms with van der Waals surface area (Å²) in [5, 5.41) is 0.0632. The first-order valence-corrected chi connectivity index (χ1v) is 7.36. The van der Waals surface area contributed by atoms with Crippen molar-refractivity contribution in [3.63, 3.8) is 0 Å². The molecule has 0 aromatic heterocycles. The topological polar surface area (TPSA) is 17.1 Å². The van der Waals surface area contributed by atoms with Gasteiger partial charge >= 0.3 is 0 Å². The normalized spacial score (nSPS) is 12.1. The maximum atomic E-state index is 12.9. The van der Waals surface area contributed by atoms with Crippen LogP contribution in [0.25, 0.3) is 0 Å². The molecular formula is C16H15FOS. The molecule has 2 aromatic rings. The molecular weight excluding hydrogens is 259 g/mol. The number of ketones is 1. The van der Waals surface area contributed by atoms with Crippen molar-refractivity contribution in [3.05, 3.63) is 71.5 Å². The Labute approximate surface area is 116 Å². The first-order chi connectivity index (χ1) is 9.20. The Morgan fingerprint density at radius 3 is 2.32 bits per heavy atom. The summed E-state index contributed by atoms with van der Waals surface area (Å²) in [6.07, 6.45) is 2.39. The van der Waals surface area contributed by atoms with Crippen molar-refractivity contribution in [2.45, 2.75) is 11.7 Å². The van der Waals surface area contributed by atoms with Crippen LogP contribution in [0.4, 0.5) is 4.39 Å². The number of thioether (sulfide) groups is 1. The van der Waals surface area contributed by atoms with Crippen molar-refractivity contribution in [2.75, 3.05) is 6.26 Å². The van der Waals surface area contributed by atoms with E-state index in [9.17, 15) is 9.18 Å². The number of Topliss-reactive ketones (excluding diaryl/α,β-unsaturated/α-hetero) is 1. The van der Waals surface area contributed by atoms with E-state index in [1.807, 2.05) is 36.6 Å². The van der Waals surface area contributed by atoms with Gasteiger partial charge in [-0.05, 0) is 24.0 Å². The van der Waals surface area contributed by atoms with Gasteiger partial charge in [0.1, 0.15) is 5.82 Å². The van der Waals surface area contributed by atoms with Crippen LogP contribution in [0.5, 0.6) is 0 Å². The lowest BCUT2D eigenvalue weighted by Crippen LogP contribution is -2.05. The molecule has 19 heavy (non-hydrogen) atoms. The molecule has 0 spiro atoms. The fourth-order valence-electron chi connectivity index (χ4n) is 1.92. The smallest absolute Gasteiger partial charge is 0.164 e. The van der Waals surface area contributed by atoms with Crippen molar-refractivity contribution < 1.29 is 9.18 Å². The van der Waals surface area contributed by atoms with E-state index in [0.29, 0.717) is 6.42 Å². The lowest BCUT2D eigenvalue weighted by Gasteiger charge is -2.14. The van der Waals surface area contributed by atoms with Gasteiger partial charge in [-0.1, -0.05) is 42.5 Å². The van der Waals surface area contributed by atoms with Crippen molar-refractivity contribution in [1.82, 2.24) is 0 Å². The van der Waals surface area contributed by atoms with E-state index in [1.54, 1.807) is 23.9 Å². The zero-order chi connectivity index (χ0) is 13.7. The van der Waals surface area contributed by atoms with Crippen LogP contribution in [0, 0.1) is 5.82 Å². The molecule has 0 aliphatic carbocycles. The average Bonchev–Trinajstić information content (AvgIpc) is 2.46. The highest BCUT2D eigenvalue weighted by Gasteiger charge is 2.16. The standard InChI is InChI=1S/C16H15FOS/c1-19-16(13-7-9-14(17)10-8-13)11-15(18)12-5-3-2-4-6-12/h2-10,16H,11H2,1H3. The molecule has 0 fully saturated rings. The van der Waals surface area contributed by atoms with E-state index < -0.39 is 0 Å². The molecule has 1 nitrogen and oxygen atoms in total. The molecule has 0 N–H and O–H groups in total. The molecule has 0 amide bonds. The molecule has 0 aliphatic rings. The summed E-state index contributed by atoms with van der Waals surface area (Å²) in [4.78, 5) is 12.2. The molecule has 0 heterocycles. The van der Waals surface area contributed by atoms with Crippen LogP contribution in [0.1, 0.15) is 27.6 Å². The minimum atomic E-state index is -0.252. The van der Waals surface area contributed by atoms with Crippen molar-refractivity contribution >= 4 is 17.5 Å². The summed E-state index contributed by atoms with van der Waals surface area (Å²) in [6, 6.07) is 15.6. The number of hydrogen-bond donors (Lipinski definition) is 0. The second kappa shape index (κ2) is 6.53. The monoisotopic (exact) mass is 274 g/mol. The average molecular weight is 274 g/mol. The van der Waals surface area contributed by atoms with Gasteiger partial charge in [0.05, 0.1) is 0 Å². The molecule has 0 radical (unpaired) electrons. The summed E-state index contributed by atoms with van der Waals surface area (Å²) < 4.78 is 12.9. The molecule has 3 heteroatoms. The predicted octanol–water partition coefficient (Wildman–Crippen LogP) is 4.50. The lowest BCUT2D eigenvalue weighted by atomic mass is 10.0. The van der Waals surface area contributed by atoms with E-state index in [4.69, 9.17) is 0 Å². The van der Waals surface area contributed by atoms with E-state index in [0.717, 1.165) is 11.1 Å². The van der Waals surface area contributed by atoms with Gasteiger partial charge in [-0.2, -0.15) is 11.8 Å². The molecule has 0 bridgehead atoms. The third-order valence-corrected chi connectivity index (χ3v) is 4.00. The third kappa shape index (κ3) is 3.67. The van der Waals surface area contributed by atoms with Gasteiger partial charge in [-0.25, -0.2) is 4.39 Å². The largest absolute Gasteiger partial charge is 0.294 e.